The van der Waals surface area contributed by atoms with E-state index >= 15 is 0 Å². The van der Waals surface area contributed by atoms with Crippen molar-refractivity contribution in [2.75, 3.05) is 11.5 Å². The molecule has 0 aliphatic carbocycles. The van der Waals surface area contributed by atoms with E-state index in [0.29, 0.717) is 11.4 Å². The molecule has 0 amide bonds. The second-order valence-corrected chi connectivity index (χ2v) is 4.84. The largest absolute Gasteiger partial charge is 0.478 e. The van der Waals surface area contributed by atoms with Crippen molar-refractivity contribution in [1.29, 1.82) is 0 Å². The van der Waals surface area contributed by atoms with Gasteiger partial charge in [0.2, 0.25) is 0 Å². The molecule has 2 rings (SSSR count). The molecule has 0 spiro atoms. The predicted molar refractivity (Wildman–Crippen MR) is 72.8 cm³/mol. The number of hydrogen-bond donors (Lipinski definition) is 3. The van der Waals surface area contributed by atoms with E-state index in [4.69, 9.17) is 16.6 Å². The fourth-order valence-electron chi connectivity index (χ4n) is 1.44. The molecule has 2 aromatic rings. The van der Waals surface area contributed by atoms with Gasteiger partial charge in [-0.1, -0.05) is 11.8 Å². The Kier molecular flexibility index (Phi) is 3.43. The van der Waals surface area contributed by atoms with E-state index in [-0.39, 0.29) is 5.56 Å². The first-order valence-electron chi connectivity index (χ1n) is 5.22. The number of carbonyl (C=O) groups is 1. The van der Waals surface area contributed by atoms with E-state index in [9.17, 15) is 4.79 Å². The van der Waals surface area contributed by atoms with Crippen LogP contribution in [0.1, 0.15) is 10.4 Å². The van der Waals surface area contributed by atoms with Crippen LogP contribution in [-0.2, 0) is 0 Å². The van der Waals surface area contributed by atoms with Gasteiger partial charge >= 0.3 is 5.97 Å². The summed E-state index contributed by atoms with van der Waals surface area (Å²) in [5.41, 5.74) is 12.8. The molecule has 0 saturated carbocycles. The minimum atomic E-state index is -0.981. The number of hydrogen-bond acceptors (Lipinski definition) is 4. The molecule has 92 valence electrons. The first kappa shape index (κ1) is 12.3. The Bertz CT molecular complexity index is 582. The van der Waals surface area contributed by atoms with Crippen LogP contribution >= 0.6 is 11.8 Å². The van der Waals surface area contributed by atoms with Gasteiger partial charge in [0.05, 0.1) is 5.56 Å². The van der Waals surface area contributed by atoms with Gasteiger partial charge in [-0.2, -0.15) is 0 Å². The van der Waals surface area contributed by atoms with Gasteiger partial charge in [0.25, 0.3) is 0 Å². The molecule has 0 bridgehead atoms. The number of nitrogen functional groups attached to an aromatic ring is 2. The van der Waals surface area contributed by atoms with Gasteiger partial charge in [-0.05, 0) is 42.5 Å². The Balaban J connectivity index is 2.24. The predicted octanol–water partition coefficient (Wildman–Crippen LogP) is 2.70. The van der Waals surface area contributed by atoms with Crippen LogP contribution in [0.2, 0.25) is 0 Å². The third kappa shape index (κ3) is 2.75. The van der Waals surface area contributed by atoms with Gasteiger partial charge in [-0.25, -0.2) is 4.79 Å². The van der Waals surface area contributed by atoms with E-state index in [1.807, 2.05) is 24.3 Å². The van der Waals surface area contributed by atoms with Crippen molar-refractivity contribution in [2.24, 2.45) is 0 Å². The summed E-state index contributed by atoms with van der Waals surface area (Å²) in [6.07, 6.45) is 0. The van der Waals surface area contributed by atoms with Gasteiger partial charge in [0, 0.05) is 21.2 Å². The van der Waals surface area contributed by atoms with Crippen LogP contribution in [0.15, 0.2) is 52.3 Å². The van der Waals surface area contributed by atoms with E-state index in [2.05, 4.69) is 0 Å². The minimum Gasteiger partial charge on any atom is -0.478 e. The van der Waals surface area contributed by atoms with E-state index in [0.717, 1.165) is 9.79 Å². The Labute approximate surface area is 109 Å². The maximum Gasteiger partial charge on any atom is 0.335 e. The molecular formula is C13H12N2O2S. The maximum absolute atomic E-state index is 10.8. The summed E-state index contributed by atoms with van der Waals surface area (Å²) in [5, 5.41) is 8.84. The van der Waals surface area contributed by atoms with Crippen molar-refractivity contribution in [3.8, 4) is 0 Å². The number of carboxylic acid groups (broad SMARTS) is 1. The summed E-state index contributed by atoms with van der Waals surface area (Å²) in [5.74, 6) is -0.981. The van der Waals surface area contributed by atoms with Crippen LogP contribution in [0.25, 0.3) is 0 Å². The first-order valence-corrected chi connectivity index (χ1v) is 6.04. The first-order chi connectivity index (χ1) is 8.56. The molecule has 5 heteroatoms. The molecule has 0 atom stereocenters. The molecule has 0 aliphatic heterocycles. The smallest absolute Gasteiger partial charge is 0.335 e. The van der Waals surface area contributed by atoms with Crippen LogP contribution in [-0.4, -0.2) is 11.1 Å². The monoisotopic (exact) mass is 260 g/mol. The number of carboxylic acids is 1. The summed E-state index contributed by atoms with van der Waals surface area (Å²) in [6.45, 7) is 0. The highest BCUT2D eigenvalue weighted by Crippen LogP contribution is 2.32. The SMILES string of the molecule is Nc1ccc(Sc2ccc(C(=O)O)cc2N)cc1. The number of aromatic carboxylic acids is 1. The van der Waals surface area contributed by atoms with Crippen molar-refractivity contribution < 1.29 is 9.90 Å². The molecular weight excluding hydrogens is 248 g/mol. The van der Waals surface area contributed by atoms with Crippen LogP contribution in [0.3, 0.4) is 0 Å². The van der Waals surface area contributed by atoms with Crippen LogP contribution in [0.5, 0.6) is 0 Å². The number of nitrogens with two attached hydrogens (primary N) is 2. The Hall–Kier alpha value is -2.14. The van der Waals surface area contributed by atoms with E-state index < -0.39 is 5.97 Å². The van der Waals surface area contributed by atoms with Crippen LogP contribution < -0.4 is 11.5 Å². The summed E-state index contributed by atoms with van der Waals surface area (Å²) in [6, 6.07) is 12.1. The minimum absolute atomic E-state index is 0.189. The lowest BCUT2D eigenvalue weighted by Crippen LogP contribution is -1.98. The van der Waals surface area contributed by atoms with Gasteiger partial charge in [-0.15, -0.1) is 0 Å². The second kappa shape index (κ2) is 5.01. The lowest BCUT2D eigenvalue weighted by molar-refractivity contribution is 0.0697. The molecule has 0 aliphatic rings. The third-order valence-corrected chi connectivity index (χ3v) is 3.46. The van der Waals surface area contributed by atoms with Gasteiger partial charge in [0.1, 0.15) is 0 Å². The quantitative estimate of drug-likeness (QED) is 0.738. The summed E-state index contributed by atoms with van der Waals surface area (Å²) in [4.78, 5) is 12.6. The number of rotatable bonds is 3. The molecule has 2 aromatic carbocycles. The van der Waals surface area contributed by atoms with Crippen molar-refractivity contribution in [1.82, 2.24) is 0 Å². The molecule has 0 radical (unpaired) electrons. The maximum atomic E-state index is 10.8. The summed E-state index contributed by atoms with van der Waals surface area (Å²) in [7, 11) is 0. The Morgan fingerprint density at radius 3 is 2.28 bits per heavy atom. The Morgan fingerprint density at radius 2 is 1.72 bits per heavy atom. The zero-order valence-corrected chi connectivity index (χ0v) is 10.3. The molecule has 0 fully saturated rings. The molecule has 18 heavy (non-hydrogen) atoms. The number of anilines is 2. The molecule has 0 saturated heterocycles. The highest BCUT2D eigenvalue weighted by Gasteiger charge is 2.07. The second-order valence-electron chi connectivity index (χ2n) is 3.73. The lowest BCUT2D eigenvalue weighted by Gasteiger charge is -2.06. The zero-order valence-electron chi connectivity index (χ0n) is 9.46. The Morgan fingerprint density at radius 1 is 1.06 bits per heavy atom. The van der Waals surface area contributed by atoms with Crippen molar-refractivity contribution in [3.63, 3.8) is 0 Å². The van der Waals surface area contributed by atoms with E-state index in [1.54, 1.807) is 12.1 Å². The van der Waals surface area contributed by atoms with Gasteiger partial charge in [0.15, 0.2) is 0 Å². The molecule has 0 heterocycles. The van der Waals surface area contributed by atoms with E-state index in [1.165, 1.54) is 17.8 Å². The highest BCUT2D eigenvalue weighted by atomic mass is 32.2. The standard InChI is InChI=1S/C13H12N2O2S/c14-9-2-4-10(5-3-9)18-12-6-1-8(13(16)17)7-11(12)15/h1-7H,14-15H2,(H,16,17). The topological polar surface area (TPSA) is 89.3 Å². The zero-order chi connectivity index (χ0) is 13.1. The molecule has 0 aromatic heterocycles. The van der Waals surface area contributed by atoms with Crippen LogP contribution in [0.4, 0.5) is 11.4 Å². The molecule has 4 nitrogen and oxygen atoms in total. The normalized spacial score (nSPS) is 10.2. The fourth-order valence-corrected chi connectivity index (χ4v) is 2.28. The average Bonchev–Trinajstić information content (AvgIpc) is 2.34. The van der Waals surface area contributed by atoms with Gasteiger partial charge < -0.3 is 16.6 Å². The fraction of sp³-hybridized carbons (Fsp3) is 0. The highest BCUT2D eigenvalue weighted by molar-refractivity contribution is 7.99. The summed E-state index contributed by atoms with van der Waals surface area (Å²) >= 11 is 1.47. The molecule has 0 unspecified atom stereocenters. The van der Waals surface area contributed by atoms with Gasteiger partial charge in [-0.3, -0.25) is 0 Å². The van der Waals surface area contributed by atoms with Crippen molar-refractivity contribution in [3.05, 3.63) is 48.0 Å². The average molecular weight is 260 g/mol. The third-order valence-electron chi connectivity index (χ3n) is 2.36. The van der Waals surface area contributed by atoms with Crippen molar-refractivity contribution >= 4 is 29.1 Å². The van der Waals surface area contributed by atoms with Crippen LogP contribution in [0, 0.1) is 0 Å². The van der Waals surface area contributed by atoms with Crippen molar-refractivity contribution in [2.45, 2.75) is 9.79 Å². The number of benzene rings is 2. The molecule has 5 N–H and O–H groups in total. The lowest BCUT2D eigenvalue weighted by atomic mass is 10.2. The summed E-state index contributed by atoms with van der Waals surface area (Å²) < 4.78 is 0.